The number of hydrogen-bond acceptors (Lipinski definition) is 4. The second-order valence-electron chi connectivity index (χ2n) is 8.05. The Labute approximate surface area is 168 Å². The third-order valence-corrected chi connectivity index (χ3v) is 6.62. The molecule has 0 radical (unpaired) electrons. The molecule has 3 aliphatic rings. The Morgan fingerprint density at radius 1 is 1.25 bits per heavy atom. The molecule has 2 aliphatic carbocycles. The predicted octanol–water partition coefficient (Wildman–Crippen LogP) is 3.82. The molecular formula is C22H33N3O3. The summed E-state index contributed by atoms with van der Waals surface area (Å²) in [6.07, 6.45) is 6.76. The third kappa shape index (κ3) is 3.32. The number of aliphatic imine (C=N–C) groups is 1. The summed E-state index contributed by atoms with van der Waals surface area (Å²) in [5.74, 6) is 2.93. The van der Waals surface area contributed by atoms with E-state index in [4.69, 9.17) is 19.2 Å². The van der Waals surface area contributed by atoms with Crippen LogP contribution in [-0.4, -0.2) is 45.0 Å². The molecule has 3 atom stereocenters. The summed E-state index contributed by atoms with van der Waals surface area (Å²) in [5, 5.41) is 7.25. The van der Waals surface area contributed by atoms with Crippen molar-refractivity contribution in [3.05, 3.63) is 18.2 Å². The molecule has 1 aromatic rings. The van der Waals surface area contributed by atoms with Crippen LogP contribution in [0.15, 0.2) is 23.2 Å². The van der Waals surface area contributed by atoms with Gasteiger partial charge in [-0.05, 0) is 45.2 Å². The minimum atomic E-state index is 0.299. The number of hydrogen-bond donors (Lipinski definition) is 2. The first-order valence-electron chi connectivity index (χ1n) is 10.7. The maximum absolute atomic E-state index is 6.12. The summed E-state index contributed by atoms with van der Waals surface area (Å²) < 4.78 is 17.2. The Morgan fingerprint density at radius 2 is 2.07 bits per heavy atom. The molecule has 3 fully saturated rings. The maximum Gasteiger partial charge on any atom is 0.196 e. The largest absolute Gasteiger partial charge is 0.493 e. The molecule has 6 nitrogen and oxygen atoms in total. The molecule has 1 heterocycles. The number of fused-ring (bicyclic) bond motifs is 2. The molecule has 1 aliphatic heterocycles. The van der Waals surface area contributed by atoms with Gasteiger partial charge in [-0.2, -0.15) is 0 Å². The van der Waals surface area contributed by atoms with Crippen molar-refractivity contribution in [2.75, 3.05) is 32.2 Å². The number of anilines is 1. The number of benzene rings is 1. The molecule has 154 valence electrons. The van der Waals surface area contributed by atoms with Crippen LogP contribution in [0, 0.1) is 11.3 Å². The van der Waals surface area contributed by atoms with Gasteiger partial charge >= 0.3 is 0 Å². The van der Waals surface area contributed by atoms with Crippen molar-refractivity contribution < 1.29 is 14.2 Å². The predicted molar refractivity (Wildman–Crippen MR) is 111 cm³/mol. The van der Waals surface area contributed by atoms with E-state index in [-0.39, 0.29) is 0 Å². The van der Waals surface area contributed by atoms with E-state index in [1.807, 2.05) is 25.1 Å². The van der Waals surface area contributed by atoms with Gasteiger partial charge < -0.3 is 24.8 Å². The Hall–Kier alpha value is -1.95. The summed E-state index contributed by atoms with van der Waals surface area (Å²) >= 11 is 0. The fourth-order valence-electron chi connectivity index (χ4n) is 5.49. The minimum absolute atomic E-state index is 0.299. The highest BCUT2D eigenvalue weighted by atomic mass is 16.5. The number of methoxy groups -OCH3 is 1. The van der Waals surface area contributed by atoms with E-state index in [9.17, 15) is 0 Å². The van der Waals surface area contributed by atoms with Crippen LogP contribution in [0.2, 0.25) is 0 Å². The van der Waals surface area contributed by atoms with Gasteiger partial charge in [-0.25, -0.2) is 0 Å². The van der Waals surface area contributed by atoms with E-state index in [0.717, 1.165) is 42.7 Å². The SMILES string of the molecule is CCN=C(Nc1ccc(OC)c(OCC)c1)NC1C2CCOC2C12CCCC2. The number of rotatable bonds is 6. The van der Waals surface area contributed by atoms with Gasteiger partial charge in [0.1, 0.15) is 0 Å². The summed E-state index contributed by atoms with van der Waals surface area (Å²) in [6.45, 7) is 6.27. The van der Waals surface area contributed by atoms with Gasteiger partial charge in [0.25, 0.3) is 0 Å². The molecule has 1 spiro atoms. The van der Waals surface area contributed by atoms with Crippen molar-refractivity contribution in [2.45, 2.75) is 58.1 Å². The van der Waals surface area contributed by atoms with Crippen LogP contribution in [-0.2, 0) is 4.74 Å². The van der Waals surface area contributed by atoms with E-state index in [0.29, 0.717) is 30.1 Å². The number of nitrogens with one attached hydrogen (secondary N) is 2. The molecule has 1 saturated heterocycles. The molecule has 0 bridgehead atoms. The zero-order chi connectivity index (χ0) is 19.6. The van der Waals surface area contributed by atoms with Crippen molar-refractivity contribution in [3.8, 4) is 11.5 Å². The first kappa shape index (κ1) is 19.4. The van der Waals surface area contributed by atoms with E-state index >= 15 is 0 Å². The van der Waals surface area contributed by atoms with Crippen LogP contribution in [0.4, 0.5) is 5.69 Å². The van der Waals surface area contributed by atoms with Crippen molar-refractivity contribution in [1.29, 1.82) is 0 Å². The van der Waals surface area contributed by atoms with Gasteiger partial charge in [-0.15, -0.1) is 0 Å². The van der Waals surface area contributed by atoms with Crippen LogP contribution >= 0.6 is 0 Å². The monoisotopic (exact) mass is 387 g/mol. The Morgan fingerprint density at radius 3 is 2.79 bits per heavy atom. The zero-order valence-corrected chi connectivity index (χ0v) is 17.3. The van der Waals surface area contributed by atoms with Gasteiger partial charge in [-0.3, -0.25) is 4.99 Å². The van der Waals surface area contributed by atoms with E-state index < -0.39 is 0 Å². The highest BCUT2D eigenvalue weighted by Gasteiger charge is 2.65. The molecule has 1 aromatic carbocycles. The number of ether oxygens (including phenoxy) is 3. The normalized spacial score (nSPS) is 28.0. The minimum Gasteiger partial charge on any atom is -0.493 e. The van der Waals surface area contributed by atoms with Crippen molar-refractivity contribution in [3.63, 3.8) is 0 Å². The van der Waals surface area contributed by atoms with E-state index in [2.05, 4.69) is 17.6 Å². The standard InChI is InChI=1S/C22H33N3O3/c1-4-23-21(24-15-8-9-17(26-3)18(14-15)27-5-2)25-19-16-10-13-28-20(16)22(19)11-6-7-12-22/h8-9,14,16,19-20H,4-7,10-13H2,1-3H3,(H2,23,24,25). The molecule has 0 amide bonds. The fraction of sp³-hybridized carbons (Fsp3) is 0.682. The molecule has 0 aromatic heterocycles. The Kier molecular flexibility index (Phi) is 5.67. The van der Waals surface area contributed by atoms with Gasteiger partial charge in [0.15, 0.2) is 17.5 Å². The molecule has 3 unspecified atom stereocenters. The van der Waals surface area contributed by atoms with Crippen LogP contribution < -0.4 is 20.1 Å². The van der Waals surface area contributed by atoms with E-state index in [1.165, 1.54) is 25.7 Å². The average molecular weight is 388 g/mol. The maximum atomic E-state index is 6.12. The molecule has 2 N–H and O–H groups in total. The Balaban J connectivity index is 1.51. The van der Waals surface area contributed by atoms with Gasteiger partial charge in [-0.1, -0.05) is 12.8 Å². The lowest BCUT2D eigenvalue weighted by Gasteiger charge is -2.57. The smallest absolute Gasteiger partial charge is 0.196 e. The third-order valence-electron chi connectivity index (χ3n) is 6.62. The highest BCUT2D eigenvalue weighted by molar-refractivity contribution is 5.94. The summed E-state index contributed by atoms with van der Waals surface area (Å²) in [6, 6.07) is 6.36. The zero-order valence-electron chi connectivity index (χ0n) is 17.3. The second-order valence-corrected chi connectivity index (χ2v) is 8.05. The number of nitrogens with zero attached hydrogens (tertiary/aromatic N) is 1. The first-order chi connectivity index (χ1) is 13.7. The molecule has 2 saturated carbocycles. The number of guanidine groups is 1. The first-order valence-corrected chi connectivity index (χ1v) is 10.7. The van der Waals surface area contributed by atoms with Gasteiger partial charge in [0, 0.05) is 42.3 Å². The average Bonchev–Trinajstić information content (AvgIpc) is 3.36. The van der Waals surface area contributed by atoms with Crippen LogP contribution in [0.5, 0.6) is 11.5 Å². The van der Waals surface area contributed by atoms with Crippen LogP contribution in [0.1, 0.15) is 46.0 Å². The molecular weight excluding hydrogens is 354 g/mol. The quantitative estimate of drug-likeness (QED) is 0.574. The van der Waals surface area contributed by atoms with Gasteiger partial charge in [0.05, 0.1) is 19.8 Å². The molecule has 6 heteroatoms. The lowest BCUT2D eigenvalue weighted by Crippen LogP contribution is -2.68. The van der Waals surface area contributed by atoms with E-state index in [1.54, 1.807) is 7.11 Å². The van der Waals surface area contributed by atoms with Gasteiger partial charge in [0.2, 0.25) is 0 Å². The lowest BCUT2D eigenvalue weighted by molar-refractivity contribution is -0.124. The topological polar surface area (TPSA) is 64.1 Å². The molecule has 28 heavy (non-hydrogen) atoms. The summed E-state index contributed by atoms with van der Waals surface area (Å²) in [7, 11) is 1.66. The summed E-state index contributed by atoms with van der Waals surface area (Å²) in [4.78, 5) is 4.71. The van der Waals surface area contributed by atoms with Crippen molar-refractivity contribution in [2.24, 2.45) is 16.3 Å². The van der Waals surface area contributed by atoms with Crippen molar-refractivity contribution in [1.82, 2.24) is 5.32 Å². The Bertz CT molecular complexity index is 715. The van der Waals surface area contributed by atoms with Crippen LogP contribution in [0.25, 0.3) is 0 Å². The molecule has 4 rings (SSSR count). The van der Waals surface area contributed by atoms with Crippen LogP contribution in [0.3, 0.4) is 0 Å². The summed E-state index contributed by atoms with van der Waals surface area (Å²) in [5.41, 5.74) is 1.25. The highest BCUT2D eigenvalue weighted by Crippen LogP contribution is 2.60. The fourth-order valence-corrected chi connectivity index (χ4v) is 5.49. The van der Waals surface area contributed by atoms with Crippen molar-refractivity contribution >= 4 is 11.6 Å². The second kappa shape index (κ2) is 8.19. The lowest BCUT2D eigenvalue weighted by atomic mass is 9.54.